The molecule has 0 bridgehead atoms. The summed E-state index contributed by atoms with van der Waals surface area (Å²) in [5.41, 5.74) is 4.49. The Morgan fingerprint density at radius 1 is 1.12 bits per heavy atom. The molecule has 0 N–H and O–H groups in total. The number of fused-ring (bicyclic) bond motifs is 1. The topological polar surface area (TPSA) is 69.9 Å². The lowest BCUT2D eigenvalue weighted by molar-refractivity contribution is -0.148. The predicted molar refractivity (Wildman–Crippen MR) is 100 cm³/mol. The number of imidazole rings is 1. The highest BCUT2D eigenvalue weighted by atomic mass is 16.5. The molecule has 1 atom stereocenters. The SMILES string of the molecule is CCC(=O)OC(C)c1ccc(-n2c(CC)nc3c(C)nc(C)nc32)cc1. The van der Waals surface area contributed by atoms with Crippen LogP contribution in [-0.2, 0) is 16.0 Å². The van der Waals surface area contributed by atoms with Crippen molar-refractivity contribution in [1.82, 2.24) is 19.5 Å². The van der Waals surface area contributed by atoms with Gasteiger partial charge in [0.2, 0.25) is 0 Å². The van der Waals surface area contributed by atoms with Gasteiger partial charge in [-0.2, -0.15) is 0 Å². The van der Waals surface area contributed by atoms with Crippen molar-refractivity contribution in [3.8, 4) is 5.69 Å². The maximum Gasteiger partial charge on any atom is 0.306 e. The van der Waals surface area contributed by atoms with E-state index in [9.17, 15) is 4.79 Å². The van der Waals surface area contributed by atoms with Gasteiger partial charge in [-0.05, 0) is 38.5 Å². The summed E-state index contributed by atoms with van der Waals surface area (Å²) in [6.45, 7) is 9.60. The zero-order valence-corrected chi connectivity index (χ0v) is 15.9. The molecule has 1 aromatic carbocycles. The summed E-state index contributed by atoms with van der Waals surface area (Å²) < 4.78 is 7.46. The van der Waals surface area contributed by atoms with Crippen LogP contribution in [0.2, 0.25) is 0 Å². The molecule has 0 aliphatic rings. The molecule has 0 saturated heterocycles. The molecule has 0 radical (unpaired) electrons. The summed E-state index contributed by atoms with van der Waals surface area (Å²) in [7, 11) is 0. The van der Waals surface area contributed by atoms with Crippen LogP contribution in [0.4, 0.5) is 0 Å². The van der Waals surface area contributed by atoms with Crippen LogP contribution in [-0.4, -0.2) is 25.5 Å². The Kier molecular flexibility index (Phi) is 5.02. The van der Waals surface area contributed by atoms with Crippen molar-refractivity contribution in [2.45, 2.75) is 53.6 Å². The van der Waals surface area contributed by atoms with Gasteiger partial charge in [0.25, 0.3) is 0 Å². The fraction of sp³-hybridized carbons (Fsp3) is 0.400. The van der Waals surface area contributed by atoms with Crippen LogP contribution in [0.25, 0.3) is 16.9 Å². The van der Waals surface area contributed by atoms with E-state index in [-0.39, 0.29) is 12.1 Å². The first-order valence-electron chi connectivity index (χ1n) is 8.97. The van der Waals surface area contributed by atoms with Gasteiger partial charge in [0.15, 0.2) is 5.65 Å². The maximum atomic E-state index is 11.5. The number of ether oxygens (including phenoxy) is 1. The number of rotatable bonds is 5. The fourth-order valence-electron chi connectivity index (χ4n) is 3.03. The number of benzene rings is 1. The van der Waals surface area contributed by atoms with E-state index in [1.165, 1.54) is 0 Å². The van der Waals surface area contributed by atoms with E-state index >= 15 is 0 Å². The minimum absolute atomic E-state index is 0.196. The molecular weight excluding hydrogens is 328 g/mol. The second kappa shape index (κ2) is 7.23. The van der Waals surface area contributed by atoms with Crippen LogP contribution in [0.5, 0.6) is 0 Å². The molecule has 0 amide bonds. The number of carbonyl (C=O) groups is 1. The number of hydrogen-bond donors (Lipinski definition) is 0. The average Bonchev–Trinajstić information content (AvgIpc) is 3.00. The first kappa shape index (κ1) is 18.0. The Morgan fingerprint density at radius 3 is 2.42 bits per heavy atom. The van der Waals surface area contributed by atoms with E-state index in [1.54, 1.807) is 6.92 Å². The van der Waals surface area contributed by atoms with E-state index in [1.807, 2.05) is 45.0 Å². The second-order valence-electron chi connectivity index (χ2n) is 6.32. The van der Waals surface area contributed by atoms with E-state index in [0.29, 0.717) is 6.42 Å². The Hall–Kier alpha value is -2.76. The fourth-order valence-corrected chi connectivity index (χ4v) is 3.03. The lowest BCUT2D eigenvalue weighted by Crippen LogP contribution is -2.08. The molecular formula is C20H24N4O2. The molecule has 3 aromatic rings. The van der Waals surface area contributed by atoms with E-state index in [0.717, 1.165) is 46.2 Å². The number of nitrogens with zero attached hydrogens (tertiary/aromatic N) is 4. The lowest BCUT2D eigenvalue weighted by Gasteiger charge is -2.14. The maximum absolute atomic E-state index is 11.5. The quantitative estimate of drug-likeness (QED) is 0.649. The van der Waals surface area contributed by atoms with Crippen LogP contribution in [0.3, 0.4) is 0 Å². The van der Waals surface area contributed by atoms with Crippen LogP contribution < -0.4 is 0 Å². The molecule has 26 heavy (non-hydrogen) atoms. The van der Waals surface area contributed by atoms with Crippen molar-refractivity contribution < 1.29 is 9.53 Å². The van der Waals surface area contributed by atoms with E-state index < -0.39 is 0 Å². The molecule has 136 valence electrons. The summed E-state index contributed by atoms with van der Waals surface area (Å²) >= 11 is 0. The Morgan fingerprint density at radius 2 is 1.81 bits per heavy atom. The van der Waals surface area contributed by atoms with Gasteiger partial charge in [-0.15, -0.1) is 0 Å². The summed E-state index contributed by atoms with van der Waals surface area (Å²) in [5.74, 6) is 1.48. The third-order valence-corrected chi connectivity index (χ3v) is 4.40. The third-order valence-electron chi connectivity index (χ3n) is 4.40. The molecule has 0 fully saturated rings. The van der Waals surface area contributed by atoms with Crippen LogP contribution in [0.1, 0.15) is 56.2 Å². The van der Waals surface area contributed by atoms with Crippen molar-refractivity contribution >= 4 is 17.1 Å². The summed E-state index contributed by atoms with van der Waals surface area (Å²) in [6.07, 6.45) is 0.900. The Labute approximate surface area is 153 Å². The number of carbonyl (C=O) groups excluding carboxylic acids is 1. The molecule has 2 heterocycles. The third kappa shape index (κ3) is 3.31. The molecule has 3 rings (SSSR count). The van der Waals surface area contributed by atoms with Crippen LogP contribution >= 0.6 is 0 Å². The van der Waals surface area contributed by atoms with Gasteiger partial charge >= 0.3 is 5.97 Å². The van der Waals surface area contributed by atoms with Crippen LogP contribution in [0, 0.1) is 13.8 Å². The summed E-state index contributed by atoms with van der Waals surface area (Å²) in [4.78, 5) is 25.3. The van der Waals surface area contributed by atoms with Gasteiger partial charge in [0.1, 0.15) is 23.3 Å². The molecule has 6 nitrogen and oxygen atoms in total. The summed E-state index contributed by atoms with van der Waals surface area (Å²) in [6, 6.07) is 7.99. The zero-order valence-electron chi connectivity index (χ0n) is 15.9. The van der Waals surface area contributed by atoms with Gasteiger partial charge in [-0.1, -0.05) is 26.0 Å². The highest BCUT2D eigenvalue weighted by Gasteiger charge is 2.16. The molecule has 0 aliphatic carbocycles. The highest BCUT2D eigenvalue weighted by molar-refractivity contribution is 5.76. The molecule has 6 heteroatoms. The Bertz CT molecular complexity index is 945. The second-order valence-corrected chi connectivity index (χ2v) is 6.32. The molecule has 0 spiro atoms. The van der Waals surface area contributed by atoms with Gasteiger partial charge in [-0.25, -0.2) is 15.0 Å². The smallest absolute Gasteiger partial charge is 0.306 e. The van der Waals surface area contributed by atoms with Gasteiger partial charge in [0.05, 0.1) is 5.69 Å². The first-order chi connectivity index (χ1) is 12.4. The van der Waals surface area contributed by atoms with Crippen molar-refractivity contribution in [3.63, 3.8) is 0 Å². The van der Waals surface area contributed by atoms with Crippen molar-refractivity contribution in [3.05, 3.63) is 47.2 Å². The summed E-state index contributed by atoms with van der Waals surface area (Å²) in [5, 5.41) is 0. The Balaban J connectivity index is 2.03. The minimum Gasteiger partial charge on any atom is -0.458 e. The van der Waals surface area contributed by atoms with Crippen LogP contribution in [0.15, 0.2) is 24.3 Å². The highest BCUT2D eigenvalue weighted by Crippen LogP contribution is 2.24. The van der Waals surface area contributed by atoms with Crippen molar-refractivity contribution in [2.24, 2.45) is 0 Å². The van der Waals surface area contributed by atoms with Gasteiger partial charge in [0, 0.05) is 18.5 Å². The number of esters is 1. The van der Waals surface area contributed by atoms with Crippen molar-refractivity contribution in [2.75, 3.05) is 0 Å². The molecule has 0 saturated carbocycles. The largest absolute Gasteiger partial charge is 0.458 e. The monoisotopic (exact) mass is 352 g/mol. The van der Waals surface area contributed by atoms with E-state index in [4.69, 9.17) is 9.72 Å². The van der Waals surface area contributed by atoms with Crippen molar-refractivity contribution in [1.29, 1.82) is 0 Å². The number of aryl methyl sites for hydroxylation is 3. The number of aromatic nitrogens is 4. The first-order valence-corrected chi connectivity index (χ1v) is 8.97. The number of hydrogen-bond acceptors (Lipinski definition) is 5. The molecule has 0 aliphatic heterocycles. The standard InChI is InChI=1S/C20H24N4O2/c1-6-17-23-19-12(3)21-14(5)22-20(19)24(17)16-10-8-15(9-11-16)13(4)26-18(25)7-2/h8-11,13H,6-7H2,1-5H3. The zero-order chi connectivity index (χ0) is 18.8. The van der Waals surface area contributed by atoms with Gasteiger partial charge < -0.3 is 4.74 Å². The average molecular weight is 352 g/mol. The molecule has 1 unspecified atom stereocenters. The minimum atomic E-state index is -0.270. The lowest BCUT2D eigenvalue weighted by atomic mass is 10.1. The molecule has 2 aromatic heterocycles. The van der Waals surface area contributed by atoms with Gasteiger partial charge in [-0.3, -0.25) is 9.36 Å². The predicted octanol–water partition coefficient (Wildman–Crippen LogP) is 4.01. The van der Waals surface area contributed by atoms with E-state index in [2.05, 4.69) is 21.5 Å². The normalized spacial score (nSPS) is 12.3.